The van der Waals surface area contributed by atoms with Crippen molar-refractivity contribution in [1.82, 2.24) is 10.7 Å². The van der Waals surface area contributed by atoms with Crippen molar-refractivity contribution in [2.24, 2.45) is 5.10 Å². The van der Waals surface area contributed by atoms with Gasteiger partial charge in [0.05, 0.1) is 6.21 Å². The van der Waals surface area contributed by atoms with Crippen LogP contribution in [0.15, 0.2) is 46.0 Å². The van der Waals surface area contributed by atoms with Gasteiger partial charge in [0.2, 0.25) is 0 Å². The van der Waals surface area contributed by atoms with Crippen LogP contribution in [-0.4, -0.2) is 25.1 Å². The Morgan fingerprint density at radius 1 is 1.08 bits per heavy atom. The molecule has 0 bridgehead atoms. The molecule has 130 valence electrons. The number of likely N-dealkylation sites (N-methyl/N-ethyl adjacent to an activating group) is 1. The minimum atomic E-state index is -0.821. The first-order valence-electron chi connectivity index (χ1n) is 7.60. The Kier molecular flexibility index (Phi) is 6.30. The summed E-state index contributed by atoms with van der Waals surface area (Å²) in [7, 11) is 1.38. The lowest BCUT2D eigenvalue weighted by Gasteiger charge is -2.13. The number of halogens is 1. The lowest BCUT2D eigenvalue weighted by Crippen LogP contribution is -2.35. The molecule has 6 nitrogen and oxygen atoms in total. The third kappa shape index (κ3) is 4.90. The maximum atomic E-state index is 11.4. The fourth-order valence-electron chi connectivity index (χ4n) is 2.11. The van der Waals surface area contributed by atoms with Crippen molar-refractivity contribution in [3.05, 3.63) is 57.6 Å². The maximum Gasteiger partial charge on any atom is 0.329 e. The predicted octanol–water partition coefficient (Wildman–Crippen LogP) is 3.01. The SMILES string of the molecule is CNC(=O)C(=O)N/N=C\c1cc(Br)ccc1Nc1cccc(C)c1C. The quantitative estimate of drug-likeness (QED) is 0.417. The molecule has 0 aliphatic rings. The molecule has 0 aromatic heterocycles. The minimum Gasteiger partial charge on any atom is -0.355 e. The van der Waals surface area contributed by atoms with Crippen LogP contribution in [0.3, 0.4) is 0 Å². The van der Waals surface area contributed by atoms with Crippen molar-refractivity contribution < 1.29 is 9.59 Å². The van der Waals surface area contributed by atoms with Crippen molar-refractivity contribution >= 4 is 45.3 Å². The highest BCUT2D eigenvalue weighted by Gasteiger charge is 2.09. The van der Waals surface area contributed by atoms with Gasteiger partial charge in [-0.15, -0.1) is 0 Å². The van der Waals surface area contributed by atoms with Crippen LogP contribution >= 0.6 is 15.9 Å². The Balaban J connectivity index is 2.24. The van der Waals surface area contributed by atoms with E-state index >= 15 is 0 Å². The molecule has 25 heavy (non-hydrogen) atoms. The van der Waals surface area contributed by atoms with Gasteiger partial charge in [-0.25, -0.2) is 5.43 Å². The normalized spacial score (nSPS) is 10.6. The van der Waals surface area contributed by atoms with Crippen LogP contribution < -0.4 is 16.1 Å². The molecule has 7 heteroatoms. The maximum absolute atomic E-state index is 11.4. The number of nitrogens with zero attached hydrogens (tertiary/aromatic N) is 1. The van der Waals surface area contributed by atoms with Crippen molar-refractivity contribution in [2.45, 2.75) is 13.8 Å². The fourth-order valence-corrected chi connectivity index (χ4v) is 2.49. The molecule has 2 rings (SSSR count). The van der Waals surface area contributed by atoms with Gasteiger partial charge in [-0.1, -0.05) is 28.1 Å². The van der Waals surface area contributed by atoms with E-state index in [9.17, 15) is 9.59 Å². The molecule has 0 unspecified atom stereocenters. The molecule has 0 atom stereocenters. The van der Waals surface area contributed by atoms with Gasteiger partial charge < -0.3 is 10.6 Å². The topological polar surface area (TPSA) is 82.6 Å². The Morgan fingerprint density at radius 2 is 1.84 bits per heavy atom. The molecule has 0 aliphatic heterocycles. The van der Waals surface area contributed by atoms with E-state index in [-0.39, 0.29) is 0 Å². The number of anilines is 2. The monoisotopic (exact) mass is 402 g/mol. The van der Waals surface area contributed by atoms with Crippen molar-refractivity contribution in [3.8, 4) is 0 Å². The van der Waals surface area contributed by atoms with Gasteiger partial charge in [-0.2, -0.15) is 5.10 Å². The van der Waals surface area contributed by atoms with E-state index in [1.54, 1.807) is 0 Å². The summed E-state index contributed by atoms with van der Waals surface area (Å²) in [6.07, 6.45) is 1.49. The fraction of sp³-hybridized carbons (Fsp3) is 0.167. The summed E-state index contributed by atoms with van der Waals surface area (Å²) in [6, 6.07) is 11.7. The number of benzene rings is 2. The molecule has 0 fully saturated rings. The molecule has 2 amide bonds. The van der Waals surface area contributed by atoms with E-state index in [1.165, 1.54) is 18.8 Å². The van der Waals surface area contributed by atoms with Crippen LogP contribution in [0.25, 0.3) is 0 Å². The van der Waals surface area contributed by atoms with Crippen LogP contribution in [-0.2, 0) is 9.59 Å². The zero-order valence-corrected chi connectivity index (χ0v) is 15.8. The second-order valence-corrected chi connectivity index (χ2v) is 6.30. The highest BCUT2D eigenvalue weighted by molar-refractivity contribution is 9.10. The summed E-state index contributed by atoms with van der Waals surface area (Å²) in [5.74, 6) is -1.57. The van der Waals surface area contributed by atoms with Gasteiger partial charge in [-0.05, 0) is 49.2 Å². The summed E-state index contributed by atoms with van der Waals surface area (Å²) in [5.41, 5.74) is 7.11. The number of hydrogen-bond donors (Lipinski definition) is 3. The molecule has 0 saturated heterocycles. The van der Waals surface area contributed by atoms with Crippen molar-refractivity contribution in [1.29, 1.82) is 0 Å². The van der Waals surface area contributed by atoms with Crippen LogP contribution in [0.2, 0.25) is 0 Å². The van der Waals surface area contributed by atoms with E-state index in [2.05, 4.69) is 50.1 Å². The summed E-state index contributed by atoms with van der Waals surface area (Å²) < 4.78 is 0.873. The first-order valence-corrected chi connectivity index (χ1v) is 8.39. The first-order chi connectivity index (χ1) is 11.9. The molecular formula is C18H19BrN4O2. The summed E-state index contributed by atoms with van der Waals surface area (Å²) in [4.78, 5) is 22.6. The smallest absolute Gasteiger partial charge is 0.329 e. The molecule has 2 aromatic rings. The largest absolute Gasteiger partial charge is 0.355 e. The van der Waals surface area contributed by atoms with Gasteiger partial charge in [0, 0.05) is 28.5 Å². The van der Waals surface area contributed by atoms with E-state index in [0.29, 0.717) is 0 Å². The van der Waals surface area contributed by atoms with Gasteiger partial charge in [-0.3, -0.25) is 9.59 Å². The second-order valence-electron chi connectivity index (χ2n) is 5.38. The van der Waals surface area contributed by atoms with Gasteiger partial charge in [0.25, 0.3) is 0 Å². The molecular weight excluding hydrogens is 384 g/mol. The average molecular weight is 403 g/mol. The first kappa shape index (κ1) is 18.7. The lowest BCUT2D eigenvalue weighted by molar-refractivity contribution is -0.138. The number of hydrazone groups is 1. The Labute approximate surface area is 154 Å². The Bertz CT molecular complexity index is 834. The predicted molar refractivity (Wildman–Crippen MR) is 103 cm³/mol. The average Bonchev–Trinajstić information content (AvgIpc) is 2.60. The van der Waals surface area contributed by atoms with E-state index in [1.807, 2.05) is 37.3 Å². The zero-order valence-electron chi connectivity index (χ0n) is 14.2. The number of carbonyl (C=O) groups is 2. The van der Waals surface area contributed by atoms with Crippen LogP contribution in [0.4, 0.5) is 11.4 Å². The third-order valence-corrected chi connectivity index (χ3v) is 4.18. The minimum absolute atomic E-state index is 0.750. The molecule has 3 N–H and O–H groups in total. The highest BCUT2D eigenvalue weighted by Crippen LogP contribution is 2.26. The number of nitrogens with one attached hydrogen (secondary N) is 3. The molecule has 2 aromatic carbocycles. The number of aryl methyl sites for hydroxylation is 1. The molecule has 0 heterocycles. The number of amides is 2. The van der Waals surface area contributed by atoms with E-state index < -0.39 is 11.8 Å². The van der Waals surface area contributed by atoms with Crippen LogP contribution in [0.5, 0.6) is 0 Å². The standard InChI is InChI=1S/C18H19BrN4O2/c1-11-5-4-6-15(12(11)2)22-16-8-7-14(19)9-13(16)10-21-23-18(25)17(24)20-3/h4-10,22H,1-3H3,(H,20,24)(H,23,25)/b21-10-. The third-order valence-electron chi connectivity index (χ3n) is 3.69. The van der Waals surface area contributed by atoms with Gasteiger partial charge >= 0.3 is 11.8 Å². The zero-order chi connectivity index (χ0) is 18.4. The van der Waals surface area contributed by atoms with Crippen molar-refractivity contribution in [2.75, 3.05) is 12.4 Å². The highest BCUT2D eigenvalue weighted by atomic mass is 79.9. The van der Waals surface area contributed by atoms with Gasteiger partial charge in [0.15, 0.2) is 0 Å². The molecule has 0 saturated carbocycles. The summed E-state index contributed by atoms with van der Waals surface area (Å²) >= 11 is 3.42. The summed E-state index contributed by atoms with van der Waals surface area (Å²) in [5, 5.41) is 9.46. The molecule has 0 aliphatic carbocycles. The van der Waals surface area contributed by atoms with E-state index in [0.717, 1.165) is 27.0 Å². The van der Waals surface area contributed by atoms with Crippen LogP contribution in [0.1, 0.15) is 16.7 Å². The summed E-state index contributed by atoms with van der Waals surface area (Å²) in [6.45, 7) is 4.10. The number of hydrogen-bond acceptors (Lipinski definition) is 4. The molecule has 0 spiro atoms. The molecule has 0 radical (unpaired) electrons. The Hall–Kier alpha value is -2.67. The second kappa shape index (κ2) is 8.43. The number of rotatable bonds is 4. The van der Waals surface area contributed by atoms with E-state index in [4.69, 9.17) is 0 Å². The number of carbonyl (C=O) groups excluding carboxylic acids is 2. The van der Waals surface area contributed by atoms with Gasteiger partial charge in [0.1, 0.15) is 0 Å². The lowest BCUT2D eigenvalue weighted by atomic mass is 10.1. The van der Waals surface area contributed by atoms with Crippen molar-refractivity contribution in [3.63, 3.8) is 0 Å². The Morgan fingerprint density at radius 3 is 2.56 bits per heavy atom. The van der Waals surface area contributed by atoms with Crippen LogP contribution in [0, 0.1) is 13.8 Å².